The lowest BCUT2D eigenvalue weighted by Crippen LogP contribution is -2.37. The summed E-state index contributed by atoms with van der Waals surface area (Å²) in [6.07, 6.45) is -1.03. The average Bonchev–Trinajstić information content (AvgIpc) is 3.53. The van der Waals surface area contributed by atoms with Gasteiger partial charge in [-0.3, -0.25) is 14.4 Å². The van der Waals surface area contributed by atoms with E-state index >= 15 is 0 Å². The van der Waals surface area contributed by atoms with Crippen molar-refractivity contribution in [1.29, 1.82) is 0 Å². The Balaban J connectivity index is 1.37. The van der Waals surface area contributed by atoms with Gasteiger partial charge in [0.25, 0.3) is 5.91 Å². The minimum absolute atomic E-state index is 0.223. The second-order valence-electron chi connectivity index (χ2n) is 9.53. The van der Waals surface area contributed by atoms with Gasteiger partial charge in [-0.2, -0.15) is 0 Å². The standard InChI is InChI=1S/C32H26N2O7/c1-38-24-16-14-22(15-17-24)33-30(35)27-28(34(41-29(27)31(33)36)23-11-7-4-8-12-23)21-13-18-25(26(19-21)39-2)40-32(37)20-9-5-3-6-10-20/h3-19,27-29H,1-2H3/t27-,28+,29-/m0/s1. The number of ether oxygens (including phenoxy) is 3. The fraction of sp³-hybridized carbons (Fsp3) is 0.156. The van der Waals surface area contributed by atoms with Crippen LogP contribution in [-0.2, 0) is 14.4 Å². The first-order valence-electron chi connectivity index (χ1n) is 13.0. The summed E-state index contributed by atoms with van der Waals surface area (Å²) in [5.74, 6) is -1.07. The number of methoxy groups -OCH3 is 2. The third-order valence-corrected chi connectivity index (χ3v) is 7.20. The van der Waals surface area contributed by atoms with Crippen molar-refractivity contribution in [2.45, 2.75) is 12.1 Å². The molecule has 0 N–H and O–H groups in total. The van der Waals surface area contributed by atoms with Crippen molar-refractivity contribution in [2.24, 2.45) is 5.92 Å². The number of hydrogen-bond donors (Lipinski definition) is 0. The molecule has 2 saturated heterocycles. The minimum Gasteiger partial charge on any atom is -0.497 e. The molecule has 2 heterocycles. The molecule has 0 bridgehead atoms. The Kier molecular flexibility index (Phi) is 6.86. The van der Waals surface area contributed by atoms with Gasteiger partial charge in [-0.25, -0.2) is 14.8 Å². The normalized spacial score (nSPS) is 19.7. The summed E-state index contributed by atoms with van der Waals surface area (Å²) in [6.45, 7) is 0. The highest BCUT2D eigenvalue weighted by atomic mass is 16.7. The molecule has 4 aromatic rings. The van der Waals surface area contributed by atoms with Crippen LogP contribution in [0, 0.1) is 5.92 Å². The number of hydrogen-bond acceptors (Lipinski definition) is 8. The van der Waals surface area contributed by atoms with Crippen molar-refractivity contribution >= 4 is 29.2 Å². The molecule has 0 aliphatic carbocycles. The van der Waals surface area contributed by atoms with E-state index in [1.165, 1.54) is 7.11 Å². The van der Waals surface area contributed by atoms with Crippen molar-refractivity contribution < 1.29 is 33.4 Å². The summed E-state index contributed by atoms with van der Waals surface area (Å²) in [4.78, 5) is 47.6. The maximum absolute atomic E-state index is 13.9. The number of rotatable bonds is 7. The minimum atomic E-state index is -1.03. The molecule has 0 unspecified atom stereocenters. The van der Waals surface area contributed by atoms with Gasteiger partial charge in [-0.05, 0) is 66.2 Å². The van der Waals surface area contributed by atoms with Gasteiger partial charge in [0.05, 0.1) is 37.2 Å². The molecule has 0 aromatic heterocycles. The molecule has 4 aromatic carbocycles. The lowest BCUT2D eigenvalue weighted by molar-refractivity contribution is -0.126. The number of imide groups is 1. The van der Waals surface area contributed by atoms with Crippen LogP contribution in [0.5, 0.6) is 17.2 Å². The molecule has 0 spiro atoms. The predicted octanol–water partition coefficient (Wildman–Crippen LogP) is 4.97. The second-order valence-corrected chi connectivity index (χ2v) is 9.53. The van der Waals surface area contributed by atoms with Crippen LogP contribution in [0.15, 0.2) is 103 Å². The Bertz CT molecular complexity index is 1590. The Labute approximate surface area is 236 Å². The van der Waals surface area contributed by atoms with Crippen LogP contribution in [0.1, 0.15) is 22.0 Å². The number of para-hydroxylation sites is 1. The molecule has 0 radical (unpaired) electrons. The number of esters is 1. The zero-order chi connectivity index (χ0) is 28.5. The van der Waals surface area contributed by atoms with E-state index in [1.54, 1.807) is 78.9 Å². The summed E-state index contributed by atoms with van der Waals surface area (Å²) in [6, 6.07) is 29.0. The lowest BCUT2D eigenvalue weighted by atomic mass is 9.90. The van der Waals surface area contributed by atoms with E-state index in [0.717, 1.165) is 4.90 Å². The van der Waals surface area contributed by atoms with Crippen molar-refractivity contribution in [3.63, 3.8) is 0 Å². The number of hydroxylamine groups is 1. The van der Waals surface area contributed by atoms with Gasteiger partial charge in [-0.1, -0.05) is 42.5 Å². The number of carbonyl (C=O) groups excluding carboxylic acids is 3. The maximum atomic E-state index is 13.9. The Morgan fingerprint density at radius 3 is 2.07 bits per heavy atom. The van der Waals surface area contributed by atoms with Crippen molar-refractivity contribution in [3.05, 3.63) is 114 Å². The number of amides is 2. The molecule has 2 amide bonds. The molecule has 206 valence electrons. The summed E-state index contributed by atoms with van der Waals surface area (Å²) in [5.41, 5.74) is 2.16. The highest BCUT2D eigenvalue weighted by Gasteiger charge is 2.60. The van der Waals surface area contributed by atoms with Gasteiger partial charge in [0.1, 0.15) is 11.7 Å². The van der Waals surface area contributed by atoms with E-state index in [2.05, 4.69) is 0 Å². The molecule has 41 heavy (non-hydrogen) atoms. The fourth-order valence-corrected chi connectivity index (χ4v) is 5.22. The van der Waals surface area contributed by atoms with Crippen LogP contribution in [0.3, 0.4) is 0 Å². The summed E-state index contributed by atoms with van der Waals surface area (Å²) in [7, 11) is 3.02. The Morgan fingerprint density at radius 2 is 1.41 bits per heavy atom. The van der Waals surface area contributed by atoms with Gasteiger partial charge < -0.3 is 14.2 Å². The quantitative estimate of drug-likeness (QED) is 0.181. The second kappa shape index (κ2) is 10.8. The molecule has 6 rings (SSSR count). The molecular weight excluding hydrogens is 524 g/mol. The largest absolute Gasteiger partial charge is 0.497 e. The summed E-state index contributed by atoms with van der Waals surface area (Å²) >= 11 is 0. The smallest absolute Gasteiger partial charge is 0.343 e. The number of nitrogens with zero attached hydrogens (tertiary/aromatic N) is 2. The Hall–Kier alpha value is -5.15. The van der Waals surface area contributed by atoms with E-state index in [-0.39, 0.29) is 11.7 Å². The van der Waals surface area contributed by atoms with Crippen LogP contribution in [-0.4, -0.2) is 38.1 Å². The van der Waals surface area contributed by atoms with Gasteiger partial charge >= 0.3 is 5.97 Å². The van der Waals surface area contributed by atoms with Crippen molar-refractivity contribution in [2.75, 3.05) is 24.2 Å². The van der Waals surface area contributed by atoms with Crippen molar-refractivity contribution in [3.8, 4) is 17.2 Å². The molecule has 9 heteroatoms. The molecule has 9 nitrogen and oxygen atoms in total. The first kappa shape index (κ1) is 26.1. The number of fused-ring (bicyclic) bond motifs is 1. The van der Waals surface area contributed by atoms with E-state index in [1.807, 2.05) is 36.4 Å². The topological polar surface area (TPSA) is 94.6 Å². The van der Waals surface area contributed by atoms with Gasteiger partial charge in [0.2, 0.25) is 5.91 Å². The van der Waals surface area contributed by atoms with Gasteiger partial charge in [-0.15, -0.1) is 0 Å². The van der Waals surface area contributed by atoms with E-state index in [9.17, 15) is 14.4 Å². The first-order chi connectivity index (χ1) is 20.0. The van der Waals surface area contributed by atoms with Gasteiger partial charge in [0.15, 0.2) is 17.6 Å². The zero-order valence-electron chi connectivity index (χ0n) is 22.3. The van der Waals surface area contributed by atoms with Crippen molar-refractivity contribution in [1.82, 2.24) is 0 Å². The van der Waals surface area contributed by atoms with E-state index in [4.69, 9.17) is 19.0 Å². The highest BCUT2D eigenvalue weighted by molar-refractivity contribution is 6.24. The highest BCUT2D eigenvalue weighted by Crippen LogP contribution is 2.48. The average molecular weight is 551 g/mol. The predicted molar refractivity (Wildman–Crippen MR) is 150 cm³/mol. The van der Waals surface area contributed by atoms with Crippen LogP contribution < -0.4 is 24.2 Å². The van der Waals surface area contributed by atoms with Crippen LogP contribution in [0.4, 0.5) is 11.4 Å². The third-order valence-electron chi connectivity index (χ3n) is 7.20. The molecule has 2 aliphatic rings. The third kappa shape index (κ3) is 4.66. The molecule has 3 atom stereocenters. The SMILES string of the molecule is COc1ccc(N2C(=O)[C@@H]3[C@H](ON(c4ccccc4)[C@@H]3c3ccc(OC(=O)c4ccccc4)c(OC)c3)C2=O)cc1. The summed E-state index contributed by atoms with van der Waals surface area (Å²) < 4.78 is 16.4. The fourth-order valence-electron chi connectivity index (χ4n) is 5.22. The first-order valence-corrected chi connectivity index (χ1v) is 13.0. The van der Waals surface area contributed by atoms with Crippen LogP contribution in [0.25, 0.3) is 0 Å². The molecular formula is C32H26N2O7. The zero-order valence-corrected chi connectivity index (χ0v) is 22.3. The Morgan fingerprint density at radius 1 is 0.732 bits per heavy atom. The number of carbonyl (C=O) groups is 3. The van der Waals surface area contributed by atoms with Gasteiger partial charge in [0, 0.05) is 0 Å². The monoisotopic (exact) mass is 550 g/mol. The van der Waals surface area contributed by atoms with E-state index < -0.39 is 29.9 Å². The number of anilines is 2. The number of benzene rings is 4. The maximum Gasteiger partial charge on any atom is 0.343 e. The van der Waals surface area contributed by atoms with Crippen LogP contribution in [0.2, 0.25) is 0 Å². The molecule has 0 saturated carbocycles. The lowest BCUT2D eigenvalue weighted by Gasteiger charge is -2.29. The van der Waals surface area contributed by atoms with E-state index in [0.29, 0.717) is 34.0 Å². The summed E-state index contributed by atoms with van der Waals surface area (Å²) in [5, 5.41) is 1.60. The van der Waals surface area contributed by atoms with Crippen LogP contribution >= 0.6 is 0 Å². The molecule has 2 aliphatic heterocycles. The molecule has 2 fully saturated rings.